The number of phosphoric ester groups is 1. The van der Waals surface area contributed by atoms with E-state index in [2.05, 4.69) is 19.3 Å². The van der Waals surface area contributed by atoms with E-state index in [0.29, 0.717) is 0 Å². The quantitative estimate of drug-likeness (QED) is 0.404. The van der Waals surface area contributed by atoms with E-state index in [1.54, 1.807) is 0 Å². The summed E-state index contributed by atoms with van der Waals surface area (Å²) in [4.78, 5) is 32.3. The Balaban J connectivity index is 2.23. The summed E-state index contributed by atoms with van der Waals surface area (Å²) in [7, 11) is -5.07. The molecule has 15 heteroatoms. The van der Waals surface area contributed by atoms with Gasteiger partial charge in [-0.25, -0.2) is 14.2 Å². The molecule has 1 fully saturated rings. The maximum atomic E-state index is 12.1. The Morgan fingerprint density at radius 1 is 1.54 bits per heavy atom. The molecule has 12 nitrogen and oxygen atoms in total. The summed E-state index contributed by atoms with van der Waals surface area (Å²) in [6.07, 6.45) is -5.37. The van der Waals surface area contributed by atoms with Crippen LogP contribution in [0.25, 0.3) is 0 Å². The van der Waals surface area contributed by atoms with Crippen LogP contribution in [0.2, 0.25) is 0 Å². The molecule has 1 aliphatic heterocycles. The number of hydrogen-bond acceptors (Lipinski definition) is 8. The Labute approximate surface area is 132 Å². The second-order valence-electron chi connectivity index (χ2n) is 4.62. The largest absolute Gasteiger partial charge is 0.470 e. The van der Waals surface area contributed by atoms with Crippen LogP contribution in [-0.4, -0.2) is 67.1 Å². The molecule has 0 radical (unpaired) electrons. The second kappa shape index (κ2) is 7.14. The van der Waals surface area contributed by atoms with Crippen LogP contribution in [0.1, 0.15) is 16.8 Å². The number of primary amides is 1. The molecule has 0 bridgehead atoms. The fourth-order valence-corrected chi connectivity index (χ4v) is 2.56. The van der Waals surface area contributed by atoms with Crippen molar-refractivity contribution >= 4 is 13.7 Å². The molecule has 1 aliphatic rings. The van der Waals surface area contributed by atoms with Crippen molar-refractivity contribution in [1.29, 1.82) is 0 Å². The molecule has 0 unspecified atom stereocenters. The van der Waals surface area contributed by atoms with Crippen LogP contribution >= 0.6 is 7.82 Å². The summed E-state index contributed by atoms with van der Waals surface area (Å²) in [6, 6.07) is 0. The lowest BCUT2D eigenvalue weighted by molar-refractivity contribution is -0.164. The number of ether oxygens (including phenoxy) is 2. The predicted octanol–water partition coefficient (Wildman–Crippen LogP) is -1.65. The first-order valence-electron chi connectivity index (χ1n) is 6.26. The van der Waals surface area contributed by atoms with Gasteiger partial charge in [0.05, 0.1) is 6.61 Å². The number of halogens is 2. The van der Waals surface area contributed by atoms with Crippen molar-refractivity contribution in [2.45, 2.75) is 31.2 Å². The summed E-state index contributed by atoms with van der Waals surface area (Å²) >= 11 is 0. The van der Waals surface area contributed by atoms with Gasteiger partial charge in [-0.3, -0.25) is 9.32 Å². The maximum absolute atomic E-state index is 12.1. The number of amides is 1. The number of rotatable bonds is 7. The number of nitrogens with two attached hydrogens (primary N) is 1. The standard InChI is InChI=1S/C9H13F2N4O8P/c10-9(11)21-1-3-4(16)5(23-24(18,19)20)8(22-3)15-2-13-7(14-15)6(12)17/h2-5,8-9,16H,1H2,(H2,12,17)(H2,18,19,20)/t3-,4-,5-,8-/m1/s1. The van der Waals surface area contributed by atoms with Crippen molar-refractivity contribution in [1.82, 2.24) is 14.8 Å². The van der Waals surface area contributed by atoms with E-state index >= 15 is 0 Å². The first-order chi connectivity index (χ1) is 11.1. The molecular weight excluding hydrogens is 361 g/mol. The average molecular weight is 374 g/mol. The minimum atomic E-state index is -5.07. The summed E-state index contributed by atoms with van der Waals surface area (Å²) in [6.45, 7) is -3.93. The van der Waals surface area contributed by atoms with Gasteiger partial charge in [0, 0.05) is 0 Å². The number of carbonyl (C=O) groups excluding carboxylic acids is 1. The number of aliphatic hydroxyl groups is 1. The molecule has 0 aliphatic carbocycles. The third-order valence-electron chi connectivity index (χ3n) is 2.95. The highest BCUT2D eigenvalue weighted by atomic mass is 31.2. The van der Waals surface area contributed by atoms with Gasteiger partial charge in [0.15, 0.2) is 6.23 Å². The van der Waals surface area contributed by atoms with Crippen LogP contribution in [0, 0.1) is 0 Å². The van der Waals surface area contributed by atoms with E-state index in [4.69, 9.17) is 20.3 Å². The molecule has 0 spiro atoms. The van der Waals surface area contributed by atoms with Gasteiger partial charge in [0.2, 0.25) is 5.82 Å². The molecule has 1 saturated heterocycles. The predicted molar refractivity (Wildman–Crippen MR) is 67.3 cm³/mol. The zero-order chi connectivity index (χ0) is 18.1. The van der Waals surface area contributed by atoms with Gasteiger partial charge in [-0.05, 0) is 0 Å². The SMILES string of the molecule is NC(=O)c1ncn([C@@H]2O[C@H](COC(F)F)[C@@H](O)[C@H]2OP(=O)(O)O)n1. The van der Waals surface area contributed by atoms with Gasteiger partial charge < -0.3 is 30.1 Å². The molecule has 136 valence electrons. The van der Waals surface area contributed by atoms with Gasteiger partial charge >= 0.3 is 14.4 Å². The fraction of sp³-hybridized carbons (Fsp3) is 0.667. The monoisotopic (exact) mass is 374 g/mol. The minimum Gasteiger partial charge on any atom is -0.387 e. The molecule has 5 N–H and O–H groups in total. The molecule has 0 saturated carbocycles. The number of alkyl halides is 2. The van der Waals surface area contributed by atoms with Crippen molar-refractivity contribution in [3.63, 3.8) is 0 Å². The molecule has 1 aromatic rings. The van der Waals surface area contributed by atoms with Crippen molar-refractivity contribution in [2.75, 3.05) is 6.61 Å². The third-order valence-corrected chi connectivity index (χ3v) is 3.47. The zero-order valence-corrected chi connectivity index (χ0v) is 12.6. The number of phosphoric acid groups is 1. The van der Waals surface area contributed by atoms with E-state index in [-0.39, 0.29) is 0 Å². The zero-order valence-electron chi connectivity index (χ0n) is 11.7. The minimum absolute atomic E-state index is 0.435. The lowest BCUT2D eigenvalue weighted by Crippen LogP contribution is -2.35. The molecule has 0 aromatic carbocycles. The lowest BCUT2D eigenvalue weighted by Gasteiger charge is -2.20. The Hall–Kier alpha value is -1.54. The number of aliphatic hydroxyl groups excluding tert-OH is 1. The molecule has 1 aromatic heterocycles. The van der Waals surface area contributed by atoms with E-state index in [1.807, 2.05) is 0 Å². The highest BCUT2D eigenvalue weighted by Crippen LogP contribution is 2.44. The van der Waals surface area contributed by atoms with Crippen molar-refractivity contribution < 1.29 is 47.0 Å². The summed E-state index contributed by atoms with van der Waals surface area (Å²) in [5, 5.41) is 13.6. The highest BCUT2D eigenvalue weighted by Gasteiger charge is 2.49. The van der Waals surface area contributed by atoms with Crippen LogP contribution in [0.4, 0.5) is 8.78 Å². The molecular formula is C9H13F2N4O8P. The Morgan fingerprint density at radius 2 is 2.21 bits per heavy atom. The Morgan fingerprint density at radius 3 is 2.71 bits per heavy atom. The Kier molecular flexibility index (Phi) is 5.59. The molecule has 24 heavy (non-hydrogen) atoms. The smallest absolute Gasteiger partial charge is 0.387 e. The van der Waals surface area contributed by atoms with Crippen molar-refractivity contribution in [3.8, 4) is 0 Å². The van der Waals surface area contributed by atoms with Gasteiger partial charge in [-0.1, -0.05) is 0 Å². The third kappa shape index (κ3) is 4.51. The summed E-state index contributed by atoms with van der Waals surface area (Å²) in [5.74, 6) is -1.42. The summed E-state index contributed by atoms with van der Waals surface area (Å²) in [5.41, 5.74) is 4.97. The average Bonchev–Trinajstić information content (AvgIpc) is 3.02. The van der Waals surface area contributed by atoms with E-state index < -0.39 is 57.3 Å². The van der Waals surface area contributed by atoms with Gasteiger partial charge in [0.25, 0.3) is 5.91 Å². The topological polar surface area (TPSA) is 179 Å². The van der Waals surface area contributed by atoms with Crippen molar-refractivity contribution in [2.24, 2.45) is 5.73 Å². The van der Waals surface area contributed by atoms with E-state index in [9.17, 15) is 23.2 Å². The van der Waals surface area contributed by atoms with Gasteiger partial charge in [-0.2, -0.15) is 8.78 Å². The molecule has 2 heterocycles. The number of aromatic nitrogens is 3. The number of hydrogen-bond donors (Lipinski definition) is 4. The molecule has 1 amide bonds. The normalized spacial score (nSPS) is 27.8. The van der Waals surface area contributed by atoms with Gasteiger partial charge in [-0.15, -0.1) is 5.10 Å². The van der Waals surface area contributed by atoms with Gasteiger partial charge in [0.1, 0.15) is 24.6 Å². The fourth-order valence-electron chi connectivity index (χ4n) is 2.02. The lowest BCUT2D eigenvalue weighted by atomic mass is 10.1. The molecule has 2 rings (SSSR count). The first kappa shape index (κ1) is 18.8. The number of nitrogens with zero attached hydrogens (tertiary/aromatic N) is 3. The van der Waals surface area contributed by atoms with Crippen LogP contribution in [0.15, 0.2) is 6.33 Å². The maximum Gasteiger partial charge on any atom is 0.470 e. The van der Waals surface area contributed by atoms with Crippen molar-refractivity contribution in [3.05, 3.63) is 12.2 Å². The number of carbonyl (C=O) groups is 1. The van der Waals surface area contributed by atoms with Crippen LogP contribution < -0.4 is 5.73 Å². The van der Waals surface area contributed by atoms with Crippen LogP contribution in [0.5, 0.6) is 0 Å². The van der Waals surface area contributed by atoms with E-state index in [0.717, 1.165) is 11.0 Å². The second-order valence-corrected chi connectivity index (χ2v) is 5.81. The van der Waals surface area contributed by atoms with Crippen LogP contribution in [0.3, 0.4) is 0 Å². The Bertz CT molecular complexity index is 639. The summed E-state index contributed by atoms with van der Waals surface area (Å²) < 4.78 is 49.7. The highest BCUT2D eigenvalue weighted by molar-refractivity contribution is 7.46. The van der Waals surface area contributed by atoms with Crippen LogP contribution in [-0.2, 0) is 18.6 Å². The van der Waals surface area contributed by atoms with E-state index in [1.165, 1.54) is 0 Å². The first-order valence-corrected chi connectivity index (χ1v) is 7.79. The molecule has 4 atom stereocenters.